The molecule has 0 aliphatic heterocycles. The Bertz CT molecular complexity index is 1660. The lowest BCUT2D eigenvalue weighted by atomic mass is 10.3. The number of rotatable bonds is 15. The number of anilines is 3. The molecular formula is C30H26F6N3O11PS. The van der Waals surface area contributed by atoms with E-state index in [-0.39, 0.29) is 47.5 Å². The van der Waals surface area contributed by atoms with Crippen LogP contribution < -0.4 is 29.5 Å². The third-order valence-electron chi connectivity index (χ3n) is 5.42. The summed E-state index contributed by atoms with van der Waals surface area (Å²) in [4.78, 5) is 46.4. The fourth-order valence-corrected chi connectivity index (χ4v) is 5.36. The number of esters is 1. The summed E-state index contributed by atoms with van der Waals surface area (Å²) in [6, 6.07) is 15.7. The number of hydrogen-bond acceptors (Lipinski definition) is 12. The molecule has 0 atom stereocenters. The fraction of sp³-hybridized carbons (Fsp3) is 0.200. The lowest BCUT2D eigenvalue weighted by molar-refractivity contribution is -0.159. The van der Waals surface area contributed by atoms with Gasteiger partial charge in [0.1, 0.15) is 30.5 Å². The molecule has 0 aromatic heterocycles. The van der Waals surface area contributed by atoms with Crippen LogP contribution in [0.5, 0.6) is 17.2 Å². The molecule has 3 aromatic rings. The predicted octanol–water partition coefficient (Wildman–Crippen LogP) is 7.95. The van der Waals surface area contributed by atoms with E-state index >= 15 is 0 Å². The molecular weight excluding hydrogens is 755 g/mol. The van der Waals surface area contributed by atoms with Gasteiger partial charge in [-0.05, 0) is 72.8 Å². The van der Waals surface area contributed by atoms with Crippen LogP contribution in [0.2, 0.25) is 0 Å². The molecule has 0 fully saturated rings. The van der Waals surface area contributed by atoms with Gasteiger partial charge in [-0.2, -0.15) is 26.3 Å². The van der Waals surface area contributed by atoms with Crippen molar-refractivity contribution in [2.75, 3.05) is 42.4 Å². The van der Waals surface area contributed by atoms with Gasteiger partial charge >= 0.3 is 43.3 Å². The molecule has 0 saturated carbocycles. The Hall–Kier alpha value is -5.69. The maximum Gasteiger partial charge on any atom is 0.490 e. The van der Waals surface area contributed by atoms with E-state index in [1.54, 1.807) is 0 Å². The molecule has 0 saturated heterocycles. The first-order valence-electron chi connectivity index (χ1n) is 14.1. The van der Waals surface area contributed by atoms with Crippen molar-refractivity contribution < 1.29 is 78.0 Å². The second kappa shape index (κ2) is 18.5. The van der Waals surface area contributed by atoms with Gasteiger partial charge in [-0.25, -0.2) is 19.2 Å². The van der Waals surface area contributed by atoms with Gasteiger partial charge in [0.25, 0.3) is 0 Å². The second-order valence-electron chi connectivity index (χ2n) is 9.56. The fourth-order valence-electron chi connectivity index (χ4n) is 3.33. The molecule has 0 aliphatic rings. The molecule has 3 N–H and O–H groups in total. The molecule has 3 aromatic carbocycles. The standard InChI is InChI=1S/C30H26F6N3O11PS/c1-2-25(40)44-15-16-45-26(41)37-19-3-9-22(10-4-19)48-51(52,49-23-11-5-20(6-12-23)38-27(42)46-17-29(31,32)33)50-24-13-7-21(8-14-24)39-28(43)47-18-30(34,35)36/h2-14H,1,15-18H2,(H,37,41)(H,38,42)(H,39,43). The largest absolute Gasteiger partial charge is 0.490 e. The number of benzene rings is 3. The maximum atomic E-state index is 12.3. The monoisotopic (exact) mass is 781 g/mol. The number of carbonyl (C=O) groups excluding carboxylic acids is 4. The topological polar surface area (TPSA) is 169 Å². The summed E-state index contributed by atoms with van der Waals surface area (Å²) in [5.41, 5.74) is 0.320. The Labute approximate surface area is 295 Å². The summed E-state index contributed by atoms with van der Waals surface area (Å²) >= 11 is 5.60. The summed E-state index contributed by atoms with van der Waals surface area (Å²) in [5.74, 6) is -0.577. The van der Waals surface area contributed by atoms with Crippen LogP contribution >= 0.6 is 6.72 Å². The SMILES string of the molecule is C=CC(=O)OCCOC(=O)Nc1ccc(OP(=S)(Oc2ccc(NC(=O)OCC(F)(F)F)cc2)Oc2ccc(NC(=O)OCC(F)(F)F)cc2)cc1. The van der Waals surface area contributed by atoms with Crippen LogP contribution in [0, 0.1) is 0 Å². The van der Waals surface area contributed by atoms with Gasteiger partial charge < -0.3 is 32.5 Å². The average Bonchev–Trinajstić information content (AvgIpc) is 3.07. The minimum Gasteiger partial charge on any atom is -0.459 e. The zero-order valence-corrected chi connectivity index (χ0v) is 27.9. The summed E-state index contributed by atoms with van der Waals surface area (Å²) in [7, 11) is 0. The summed E-state index contributed by atoms with van der Waals surface area (Å²) < 4.78 is 109. The van der Waals surface area contributed by atoms with Gasteiger partial charge in [-0.3, -0.25) is 16.0 Å². The van der Waals surface area contributed by atoms with Crippen molar-refractivity contribution in [3.63, 3.8) is 0 Å². The molecule has 3 amide bonds. The first kappa shape index (κ1) is 40.7. The van der Waals surface area contributed by atoms with Gasteiger partial charge in [-0.1, -0.05) is 6.58 Å². The van der Waals surface area contributed by atoms with E-state index in [9.17, 15) is 45.5 Å². The molecule has 0 spiro atoms. The van der Waals surface area contributed by atoms with Crippen molar-refractivity contribution in [3.8, 4) is 17.2 Å². The Morgan fingerprint density at radius 1 is 0.577 bits per heavy atom. The third kappa shape index (κ3) is 15.9. The van der Waals surface area contributed by atoms with E-state index in [0.29, 0.717) is 0 Å². The molecule has 22 heteroatoms. The van der Waals surface area contributed by atoms with E-state index in [4.69, 9.17) is 34.9 Å². The van der Waals surface area contributed by atoms with Crippen molar-refractivity contribution in [3.05, 3.63) is 85.5 Å². The molecule has 0 radical (unpaired) electrons. The highest BCUT2D eigenvalue weighted by molar-refractivity contribution is 8.08. The van der Waals surface area contributed by atoms with Crippen molar-refractivity contribution in [2.45, 2.75) is 12.4 Å². The van der Waals surface area contributed by atoms with Gasteiger partial charge in [-0.15, -0.1) is 0 Å². The molecule has 3 rings (SSSR count). The van der Waals surface area contributed by atoms with Gasteiger partial charge in [0, 0.05) is 34.9 Å². The third-order valence-corrected chi connectivity index (χ3v) is 7.39. The van der Waals surface area contributed by atoms with Crippen LogP contribution in [-0.4, -0.2) is 63.0 Å². The summed E-state index contributed by atoms with van der Waals surface area (Å²) in [6.45, 7) is -4.70. The first-order valence-corrected chi connectivity index (χ1v) is 16.7. The molecule has 0 heterocycles. The number of nitrogens with one attached hydrogen (secondary N) is 3. The van der Waals surface area contributed by atoms with Gasteiger partial charge in [0.15, 0.2) is 13.2 Å². The minimum atomic E-state index is -4.72. The van der Waals surface area contributed by atoms with Crippen LogP contribution in [0.4, 0.5) is 57.8 Å². The van der Waals surface area contributed by atoms with Crippen LogP contribution in [0.15, 0.2) is 85.5 Å². The van der Waals surface area contributed by atoms with Crippen molar-refractivity contribution in [1.29, 1.82) is 0 Å². The van der Waals surface area contributed by atoms with Crippen LogP contribution in [0.25, 0.3) is 0 Å². The predicted molar refractivity (Wildman–Crippen MR) is 174 cm³/mol. The van der Waals surface area contributed by atoms with E-state index in [0.717, 1.165) is 6.08 Å². The zero-order chi connectivity index (χ0) is 38.4. The summed E-state index contributed by atoms with van der Waals surface area (Å²) in [6.07, 6.45) is -12.1. The average molecular weight is 782 g/mol. The Morgan fingerprint density at radius 2 is 0.885 bits per heavy atom. The molecule has 52 heavy (non-hydrogen) atoms. The Morgan fingerprint density at radius 3 is 1.19 bits per heavy atom. The molecule has 14 nitrogen and oxygen atoms in total. The van der Waals surface area contributed by atoms with E-state index in [2.05, 4.69) is 32.0 Å². The number of amides is 3. The smallest absolute Gasteiger partial charge is 0.459 e. The highest BCUT2D eigenvalue weighted by Crippen LogP contribution is 2.50. The minimum absolute atomic E-state index is 0.0167. The lowest BCUT2D eigenvalue weighted by Gasteiger charge is -2.23. The van der Waals surface area contributed by atoms with Crippen molar-refractivity contribution in [1.82, 2.24) is 0 Å². The van der Waals surface area contributed by atoms with Crippen molar-refractivity contribution >= 4 is 59.8 Å². The van der Waals surface area contributed by atoms with Gasteiger partial charge in [0.05, 0.1) is 0 Å². The van der Waals surface area contributed by atoms with Crippen molar-refractivity contribution in [2.24, 2.45) is 0 Å². The Kier molecular flexibility index (Phi) is 14.5. The summed E-state index contributed by atoms with van der Waals surface area (Å²) in [5, 5.41) is 6.65. The zero-order valence-electron chi connectivity index (χ0n) is 26.2. The maximum absolute atomic E-state index is 12.3. The van der Waals surface area contributed by atoms with Crippen LogP contribution in [-0.2, 0) is 35.5 Å². The number of carbonyl (C=O) groups is 4. The molecule has 0 aliphatic carbocycles. The Balaban J connectivity index is 1.71. The highest BCUT2D eigenvalue weighted by Gasteiger charge is 2.31. The lowest BCUT2D eigenvalue weighted by Crippen LogP contribution is -2.23. The van der Waals surface area contributed by atoms with Gasteiger partial charge in [0.2, 0.25) is 0 Å². The highest BCUT2D eigenvalue weighted by atomic mass is 32.5. The van der Waals surface area contributed by atoms with Crippen LogP contribution in [0.1, 0.15) is 0 Å². The quantitative estimate of drug-likeness (QED) is 0.0340. The van der Waals surface area contributed by atoms with E-state index in [1.165, 1.54) is 72.8 Å². The number of ether oxygens (including phenoxy) is 4. The number of halogens is 6. The molecule has 0 bridgehead atoms. The molecule has 0 unspecified atom stereocenters. The number of hydrogen-bond donors (Lipinski definition) is 3. The van der Waals surface area contributed by atoms with E-state index < -0.39 is 56.5 Å². The first-order chi connectivity index (χ1) is 24.4. The molecule has 280 valence electrons. The normalized spacial score (nSPS) is 11.3. The van der Waals surface area contributed by atoms with Crippen LogP contribution in [0.3, 0.4) is 0 Å². The van der Waals surface area contributed by atoms with E-state index in [1.807, 2.05) is 0 Å². The number of alkyl halides is 6. The second-order valence-corrected chi connectivity index (χ2v) is 12.3.